The molecule has 1 amide bonds. The van der Waals surface area contributed by atoms with Crippen molar-refractivity contribution in [2.45, 2.75) is 39.4 Å². The fourth-order valence-corrected chi connectivity index (χ4v) is 4.33. The highest BCUT2D eigenvalue weighted by Crippen LogP contribution is 2.26. The van der Waals surface area contributed by atoms with Crippen LogP contribution in [-0.4, -0.2) is 39.5 Å². The maximum atomic E-state index is 12.5. The highest BCUT2D eigenvalue weighted by Gasteiger charge is 2.16. The average Bonchev–Trinajstić information content (AvgIpc) is 3.18. The number of carbonyl (C=O) groups excluding carboxylic acids is 1. The molecule has 6 nitrogen and oxygen atoms in total. The molecule has 0 spiro atoms. The third kappa shape index (κ3) is 5.59. The van der Waals surface area contributed by atoms with E-state index in [4.69, 9.17) is 0 Å². The fourth-order valence-electron chi connectivity index (χ4n) is 3.58. The lowest BCUT2D eigenvalue weighted by Gasteiger charge is -2.21. The number of aromatic nitrogens is 3. The lowest BCUT2D eigenvalue weighted by molar-refractivity contribution is -0.113. The van der Waals surface area contributed by atoms with Crippen molar-refractivity contribution in [3.05, 3.63) is 66.2 Å². The number of hydrogen-bond donors (Lipinski definition) is 1. The lowest BCUT2D eigenvalue weighted by Crippen LogP contribution is -2.21. The molecule has 2 aromatic carbocycles. The molecule has 7 heteroatoms. The van der Waals surface area contributed by atoms with Crippen LogP contribution in [0, 0.1) is 13.8 Å². The number of thioether (sulfide) groups is 1. The Balaban J connectivity index is 1.73. The summed E-state index contributed by atoms with van der Waals surface area (Å²) in [6, 6.07) is 14.3. The minimum atomic E-state index is -0.0692. The number of carbonyl (C=O) groups is 1. The largest absolute Gasteiger partial charge is 0.372 e. The van der Waals surface area contributed by atoms with Crippen molar-refractivity contribution in [1.82, 2.24) is 14.8 Å². The van der Waals surface area contributed by atoms with E-state index in [-0.39, 0.29) is 11.7 Å². The van der Waals surface area contributed by atoms with E-state index in [0.29, 0.717) is 11.7 Å². The quantitative estimate of drug-likeness (QED) is 0.335. The fraction of sp³-hybridized carbons (Fsp3) is 0.320. The first kappa shape index (κ1) is 23.6. The molecule has 1 heterocycles. The third-order valence-electron chi connectivity index (χ3n) is 5.27. The number of benzene rings is 2. The van der Waals surface area contributed by atoms with Crippen LogP contribution < -0.4 is 10.2 Å². The first-order chi connectivity index (χ1) is 15.5. The Bertz CT molecular complexity index is 1070. The molecule has 3 aromatic rings. The van der Waals surface area contributed by atoms with Gasteiger partial charge in [-0.3, -0.25) is 9.36 Å². The number of nitrogens with one attached hydrogen (secondary N) is 1. The second-order valence-electron chi connectivity index (χ2n) is 7.58. The monoisotopic (exact) mass is 449 g/mol. The van der Waals surface area contributed by atoms with E-state index >= 15 is 0 Å². The molecule has 0 atom stereocenters. The van der Waals surface area contributed by atoms with Crippen molar-refractivity contribution in [3.63, 3.8) is 0 Å². The van der Waals surface area contributed by atoms with E-state index in [2.05, 4.69) is 71.2 Å². The van der Waals surface area contributed by atoms with E-state index in [1.54, 1.807) is 0 Å². The van der Waals surface area contributed by atoms with Crippen molar-refractivity contribution in [2.24, 2.45) is 0 Å². The van der Waals surface area contributed by atoms with Gasteiger partial charge in [-0.1, -0.05) is 35.5 Å². The number of rotatable bonds is 10. The first-order valence-corrected chi connectivity index (χ1v) is 11.8. The van der Waals surface area contributed by atoms with Gasteiger partial charge < -0.3 is 10.2 Å². The van der Waals surface area contributed by atoms with Crippen LogP contribution in [0.5, 0.6) is 0 Å². The molecule has 0 fully saturated rings. The molecule has 1 aromatic heterocycles. The predicted octanol–water partition coefficient (Wildman–Crippen LogP) is 5.32. The molecule has 0 aliphatic carbocycles. The van der Waals surface area contributed by atoms with E-state index in [1.165, 1.54) is 23.0 Å². The summed E-state index contributed by atoms with van der Waals surface area (Å²) in [6.07, 6.45) is 1.82. The second-order valence-corrected chi connectivity index (χ2v) is 8.52. The maximum Gasteiger partial charge on any atom is 0.234 e. The molecule has 32 heavy (non-hydrogen) atoms. The van der Waals surface area contributed by atoms with E-state index in [9.17, 15) is 4.79 Å². The minimum Gasteiger partial charge on any atom is -0.372 e. The Morgan fingerprint density at radius 2 is 1.84 bits per heavy atom. The van der Waals surface area contributed by atoms with Crippen LogP contribution in [0.2, 0.25) is 0 Å². The van der Waals surface area contributed by atoms with Gasteiger partial charge in [0.2, 0.25) is 5.91 Å². The third-order valence-corrected chi connectivity index (χ3v) is 6.24. The molecule has 0 aliphatic rings. The number of aryl methyl sites for hydroxylation is 2. The van der Waals surface area contributed by atoms with Crippen LogP contribution in [-0.2, 0) is 11.3 Å². The van der Waals surface area contributed by atoms with Crippen LogP contribution >= 0.6 is 11.8 Å². The van der Waals surface area contributed by atoms with E-state index in [1.807, 2.05) is 36.6 Å². The lowest BCUT2D eigenvalue weighted by atomic mass is 10.1. The van der Waals surface area contributed by atoms with Crippen LogP contribution in [0.3, 0.4) is 0 Å². The molecule has 0 radical (unpaired) electrons. The van der Waals surface area contributed by atoms with Gasteiger partial charge in [0.25, 0.3) is 0 Å². The number of allylic oxidation sites excluding steroid dienone is 1. The molecule has 168 valence electrons. The second kappa shape index (κ2) is 11.0. The smallest absolute Gasteiger partial charge is 0.234 e. The number of hydrogen-bond acceptors (Lipinski definition) is 5. The van der Waals surface area contributed by atoms with Crippen LogP contribution in [0.1, 0.15) is 25.0 Å². The summed E-state index contributed by atoms with van der Waals surface area (Å²) in [4.78, 5) is 14.8. The zero-order valence-corrected chi connectivity index (χ0v) is 20.1. The zero-order chi connectivity index (χ0) is 23.1. The van der Waals surface area contributed by atoms with E-state index in [0.717, 1.165) is 35.7 Å². The normalized spacial score (nSPS) is 10.8. The van der Waals surface area contributed by atoms with Gasteiger partial charge in [-0.15, -0.1) is 16.8 Å². The van der Waals surface area contributed by atoms with Gasteiger partial charge in [-0.2, -0.15) is 0 Å². The molecule has 1 N–H and O–H groups in total. The summed E-state index contributed by atoms with van der Waals surface area (Å²) >= 11 is 1.38. The maximum absolute atomic E-state index is 12.5. The van der Waals surface area contributed by atoms with E-state index < -0.39 is 0 Å². The molecule has 0 saturated heterocycles. The summed E-state index contributed by atoms with van der Waals surface area (Å²) in [5, 5.41) is 12.4. The van der Waals surface area contributed by atoms with Crippen LogP contribution in [0.15, 0.2) is 60.3 Å². The Hall–Kier alpha value is -3.06. The Morgan fingerprint density at radius 3 is 2.47 bits per heavy atom. The van der Waals surface area contributed by atoms with Crippen molar-refractivity contribution < 1.29 is 4.79 Å². The minimum absolute atomic E-state index is 0.0692. The highest BCUT2D eigenvalue weighted by molar-refractivity contribution is 7.99. The Kier molecular flexibility index (Phi) is 8.11. The predicted molar refractivity (Wildman–Crippen MR) is 134 cm³/mol. The number of anilines is 2. The van der Waals surface area contributed by atoms with Crippen molar-refractivity contribution in [2.75, 3.05) is 29.1 Å². The molecule has 0 saturated carbocycles. The molecule has 0 bridgehead atoms. The summed E-state index contributed by atoms with van der Waals surface area (Å²) in [5.74, 6) is 0.956. The van der Waals surface area contributed by atoms with Gasteiger partial charge in [0.05, 0.1) is 5.75 Å². The van der Waals surface area contributed by atoms with Crippen molar-refractivity contribution >= 4 is 29.0 Å². The molecular weight excluding hydrogens is 418 g/mol. The summed E-state index contributed by atoms with van der Waals surface area (Å²) in [6.45, 7) is 14.7. The Morgan fingerprint density at radius 1 is 1.12 bits per heavy atom. The molecule has 0 unspecified atom stereocenters. The zero-order valence-electron chi connectivity index (χ0n) is 19.3. The average molecular weight is 450 g/mol. The topological polar surface area (TPSA) is 63.1 Å². The van der Waals surface area contributed by atoms with Gasteiger partial charge in [-0.05, 0) is 63.6 Å². The van der Waals surface area contributed by atoms with Gasteiger partial charge in [0, 0.05) is 36.6 Å². The summed E-state index contributed by atoms with van der Waals surface area (Å²) in [7, 11) is 0. The Labute approximate surface area is 194 Å². The number of amides is 1. The van der Waals surface area contributed by atoms with Crippen LogP contribution in [0.25, 0.3) is 11.4 Å². The van der Waals surface area contributed by atoms with Crippen molar-refractivity contribution in [3.8, 4) is 11.4 Å². The summed E-state index contributed by atoms with van der Waals surface area (Å²) < 4.78 is 1.99. The molecular formula is C25H31N5OS. The SMILES string of the molecule is C=CCn1c(SCC(=O)Nc2ccc(C)cc2C)nnc1-c1ccc(N(CC)CC)cc1. The number of nitrogens with zero attached hydrogens (tertiary/aromatic N) is 4. The highest BCUT2D eigenvalue weighted by atomic mass is 32.2. The van der Waals surface area contributed by atoms with Crippen molar-refractivity contribution in [1.29, 1.82) is 0 Å². The van der Waals surface area contributed by atoms with Gasteiger partial charge in [0.1, 0.15) is 0 Å². The van der Waals surface area contributed by atoms with Gasteiger partial charge in [-0.25, -0.2) is 0 Å². The molecule has 3 rings (SSSR count). The molecule has 0 aliphatic heterocycles. The van der Waals surface area contributed by atoms with Crippen LogP contribution in [0.4, 0.5) is 11.4 Å². The standard InChI is InChI=1S/C25H31N5OS/c1-6-15-30-24(20-10-12-21(13-11-20)29(7-2)8-3)27-28-25(30)32-17-23(31)26-22-14-9-18(4)16-19(22)5/h6,9-14,16H,1,7-8,15,17H2,2-5H3,(H,26,31). The van der Waals surface area contributed by atoms with Gasteiger partial charge >= 0.3 is 0 Å². The first-order valence-electron chi connectivity index (χ1n) is 10.9. The summed E-state index contributed by atoms with van der Waals surface area (Å²) in [5.41, 5.74) is 5.23. The van der Waals surface area contributed by atoms with Gasteiger partial charge in [0.15, 0.2) is 11.0 Å².